The number of hydrogen-bond donors (Lipinski definition) is 1. The predicted molar refractivity (Wildman–Crippen MR) is 68.0 cm³/mol. The van der Waals surface area contributed by atoms with E-state index in [0.717, 1.165) is 25.7 Å². The molecule has 1 rings (SSSR count). The minimum atomic E-state index is -0.349. The Kier molecular flexibility index (Phi) is 6.05. The van der Waals surface area contributed by atoms with Crippen LogP contribution in [0.4, 0.5) is 4.79 Å². The van der Waals surface area contributed by atoms with Gasteiger partial charge in [-0.05, 0) is 12.8 Å². The number of nitrogens with zero attached hydrogens (tertiary/aromatic N) is 1. The molecule has 17 heavy (non-hydrogen) atoms. The fourth-order valence-electron chi connectivity index (χ4n) is 1.87. The predicted octanol–water partition coefficient (Wildman–Crippen LogP) is 2.28. The Morgan fingerprint density at radius 3 is 2.65 bits per heavy atom. The quantitative estimate of drug-likeness (QED) is 0.314. The van der Waals surface area contributed by atoms with Crippen molar-refractivity contribution >= 4 is 23.5 Å². The van der Waals surface area contributed by atoms with E-state index in [0.29, 0.717) is 12.3 Å². The third kappa shape index (κ3) is 4.04. The van der Waals surface area contributed by atoms with Crippen molar-refractivity contribution in [3.05, 3.63) is 12.7 Å². The van der Waals surface area contributed by atoms with Crippen LogP contribution in [0.25, 0.3) is 0 Å². The molecule has 0 saturated carbocycles. The largest absolute Gasteiger partial charge is 0.326 e. The van der Waals surface area contributed by atoms with Crippen LogP contribution >= 0.6 is 11.6 Å². The molecule has 1 N–H and O–H groups in total. The van der Waals surface area contributed by atoms with E-state index in [2.05, 4.69) is 11.9 Å². The first kappa shape index (κ1) is 14.0. The highest BCUT2D eigenvalue weighted by Crippen LogP contribution is 2.13. The van der Waals surface area contributed by atoms with Crippen LogP contribution < -0.4 is 5.32 Å². The summed E-state index contributed by atoms with van der Waals surface area (Å²) in [5.74, 6) is 0.555. The lowest BCUT2D eigenvalue weighted by atomic mass is 10.1. The molecule has 1 fully saturated rings. The average Bonchev–Trinajstić information content (AvgIpc) is 2.57. The fraction of sp³-hybridized carbons (Fsp3) is 0.667. The molecule has 0 spiro atoms. The number of urea groups is 1. The maximum absolute atomic E-state index is 11.8. The summed E-state index contributed by atoms with van der Waals surface area (Å²) in [5, 5.41) is 2.69. The standard InChI is InChI=1S/C12H19ClN2O2/c1-2-9-15-11(16)10(14-12(15)17)7-5-3-4-6-8-13/h2,10H,1,3-9H2,(H,14,17). The van der Waals surface area contributed by atoms with Crippen molar-refractivity contribution in [3.63, 3.8) is 0 Å². The third-order valence-corrected chi connectivity index (χ3v) is 3.06. The number of alkyl halides is 1. The molecule has 1 aliphatic rings. The number of halogens is 1. The lowest BCUT2D eigenvalue weighted by molar-refractivity contribution is -0.127. The first-order chi connectivity index (χ1) is 8.20. The van der Waals surface area contributed by atoms with E-state index >= 15 is 0 Å². The zero-order valence-electron chi connectivity index (χ0n) is 9.95. The van der Waals surface area contributed by atoms with Gasteiger partial charge in [0.05, 0.1) is 0 Å². The van der Waals surface area contributed by atoms with Gasteiger partial charge in [-0.25, -0.2) is 4.79 Å². The van der Waals surface area contributed by atoms with Gasteiger partial charge in [0, 0.05) is 12.4 Å². The SMILES string of the molecule is C=CCN1C(=O)NC(CCCCCCCl)C1=O. The summed E-state index contributed by atoms with van der Waals surface area (Å²) in [6.07, 6.45) is 6.34. The highest BCUT2D eigenvalue weighted by atomic mass is 35.5. The maximum atomic E-state index is 11.8. The van der Waals surface area contributed by atoms with Crippen molar-refractivity contribution in [3.8, 4) is 0 Å². The van der Waals surface area contributed by atoms with Gasteiger partial charge >= 0.3 is 6.03 Å². The lowest BCUT2D eigenvalue weighted by Gasteiger charge is -2.09. The Morgan fingerprint density at radius 1 is 1.29 bits per heavy atom. The van der Waals surface area contributed by atoms with Crippen LogP contribution in [0.3, 0.4) is 0 Å². The number of rotatable bonds is 8. The zero-order chi connectivity index (χ0) is 12.7. The number of carbonyl (C=O) groups excluding carboxylic acids is 2. The van der Waals surface area contributed by atoms with Crippen molar-refractivity contribution < 1.29 is 9.59 Å². The molecule has 0 bridgehead atoms. The summed E-state index contributed by atoms with van der Waals surface area (Å²) in [6, 6.07) is -0.654. The van der Waals surface area contributed by atoms with E-state index in [1.54, 1.807) is 6.08 Å². The Hall–Kier alpha value is -1.03. The van der Waals surface area contributed by atoms with Gasteiger partial charge in [-0.1, -0.05) is 25.3 Å². The van der Waals surface area contributed by atoms with Crippen LogP contribution in [0.2, 0.25) is 0 Å². The van der Waals surface area contributed by atoms with Crippen molar-refractivity contribution in [2.75, 3.05) is 12.4 Å². The van der Waals surface area contributed by atoms with Gasteiger partial charge in [-0.15, -0.1) is 18.2 Å². The molecule has 0 radical (unpaired) electrons. The van der Waals surface area contributed by atoms with E-state index in [1.807, 2.05) is 0 Å². The second-order valence-electron chi connectivity index (χ2n) is 4.13. The monoisotopic (exact) mass is 258 g/mol. The van der Waals surface area contributed by atoms with Gasteiger partial charge in [0.25, 0.3) is 5.91 Å². The van der Waals surface area contributed by atoms with E-state index in [-0.39, 0.29) is 24.5 Å². The highest BCUT2D eigenvalue weighted by Gasteiger charge is 2.36. The molecule has 0 aromatic rings. The first-order valence-corrected chi connectivity index (χ1v) is 6.53. The molecule has 0 aliphatic carbocycles. The second kappa shape index (κ2) is 7.33. The molecule has 3 amide bonds. The van der Waals surface area contributed by atoms with Gasteiger partial charge < -0.3 is 5.32 Å². The third-order valence-electron chi connectivity index (χ3n) is 2.80. The number of carbonyl (C=O) groups is 2. The number of unbranched alkanes of at least 4 members (excludes halogenated alkanes) is 3. The number of amides is 3. The van der Waals surface area contributed by atoms with Crippen LogP contribution in [-0.4, -0.2) is 35.3 Å². The molecule has 1 atom stereocenters. The molecule has 1 heterocycles. The van der Waals surface area contributed by atoms with Crippen LogP contribution in [0.5, 0.6) is 0 Å². The minimum absolute atomic E-state index is 0.132. The van der Waals surface area contributed by atoms with Crippen molar-refractivity contribution in [2.45, 2.75) is 38.1 Å². The summed E-state index contributed by atoms with van der Waals surface area (Å²) in [4.78, 5) is 24.5. The van der Waals surface area contributed by atoms with Crippen LogP contribution in [-0.2, 0) is 4.79 Å². The van der Waals surface area contributed by atoms with E-state index < -0.39 is 0 Å². The van der Waals surface area contributed by atoms with E-state index in [1.165, 1.54) is 4.90 Å². The normalized spacial score (nSPS) is 19.6. The fourth-order valence-corrected chi connectivity index (χ4v) is 2.06. The topological polar surface area (TPSA) is 49.4 Å². The smallest absolute Gasteiger partial charge is 0.325 e. The summed E-state index contributed by atoms with van der Waals surface area (Å²) < 4.78 is 0. The highest BCUT2D eigenvalue weighted by molar-refractivity contribution is 6.17. The van der Waals surface area contributed by atoms with Crippen LogP contribution in [0, 0.1) is 0 Å². The summed E-state index contributed by atoms with van der Waals surface area (Å²) >= 11 is 5.58. The number of imide groups is 1. The van der Waals surface area contributed by atoms with Gasteiger partial charge in [-0.3, -0.25) is 9.69 Å². The lowest BCUT2D eigenvalue weighted by Crippen LogP contribution is -2.31. The summed E-state index contributed by atoms with van der Waals surface area (Å²) in [6.45, 7) is 3.81. The molecular weight excluding hydrogens is 240 g/mol. The van der Waals surface area contributed by atoms with Gasteiger partial charge in [-0.2, -0.15) is 0 Å². The number of nitrogens with one attached hydrogen (secondary N) is 1. The Balaban J connectivity index is 2.28. The molecule has 1 aliphatic heterocycles. The Morgan fingerprint density at radius 2 is 2.00 bits per heavy atom. The van der Waals surface area contributed by atoms with Crippen molar-refractivity contribution in [1.82, 2.24) is 10.2 Å². The van der Waals surface area contributed by atoms with Crippen LogP contribution in [0.15, 0.2) is 12.7 Å². The van der Waals surface area contributed by atoms with E-state index in [9.17, 15) is 9.59 Å². The zero-order valence-corrected chi connectivity index (χ0v) is 10.7. The Labute approximate surface area is 107 Å². The molecule has 1 unspecified atom stereocenters. The van der Waals surface area contributed by atoms with Gasteiger partial charge in [0.15, 0.2) is 0 Å². The Bertz CT molecular complexity index is 294. The molecule has 5 heteroatoms. The molecule has 0 aromatic heterocycles. The van der Waals surface area contributed by atoms with Gasteiger partial charge in [0.2, 0.25) is 0 Å². The van der Waals surface area contributed by atoms with Crippen molar-refractivity contribution in [1.29, 1.82) is 0 Å². The van der Waals surface area contributed by atoms with Gasteiger partial charge in [0.1, 0.15) is 6.04 Å². The molecule has 1 saturated heterocycles. The van der Waals surface area contributed by atoms with E-state index in [4.69, 9.17) is 11.6 Å². The average molecular weight is 259 g/mol. The maximum Gasteiger partial charge on any atom is 0.325 e. The summed E-state index contributed by atoms with van der Waals surface area (Å²) in [7, 11) is 0. The van der Waals surface area contributed by atoms with Crippen LogP contribution in [0.1, 0.15) is 32.1 Å². The molecule has 0 aromatic carbocycles. The van der Waals surface area contributed by atoms with Crippen molar-refractivity contribution in [2.24, 2.45) is 0 Å². The molecule has 4 nitrogen and oxygen atoms in total. The first-order valence-electron chi connectivity index (χ1n) is 5.99. The molecular formula is C12H19ClN2O2. The second-order valence-corrected chi connectivity index (χ2v) is 4.51. The summed E-state index contributed by atoms with van der Waals surface area (Å²) in [5.41, 5.74) is 0. The minimum Gasteiger partial charge on any atom is -0.326 e. The number of hydrogen-bond acceptors (Lipinski definition) is 2. The molecule has 96 valence electrons.